The van der Waals surface area contributed by atoms with Crippen LogP contribution in [0.1, 0.15) is 6.92 Å². The van der Waals surface area contributed by atoms with Crippen LogP contribution in [-0.4, -0.2) is 20.9 Å². The molecule has 0 aliphatic carbocycles. The zero-order chi connectivity index (χ0) is 15.7. The second kappa shape index (κ2) is 5.04. The first-order chi connectivity index (χ1) is 9.81. The number of aromatic hydroxyl groups is 1. The van der Waals surface area contributed by atoms with E-state index in [1.54, 1.807) is 0 Å². The van der Waals surface area contributed by atoms with Crippen molar-refractivity contribution in [2.24, 2.45) is 0 Å². The number of phenolic OH excluding ortho intramolecular Hbond substituents is 1. The van der Waals surface area contributed by atoms with E-state index in [1.165, 1.54) is 0 Å². The molecule has 0 atom stereocenters. The van der Waals surface area contributed by atoms with Crippen molar-refractivity contribution in [1.29, 1.82) is 0 Å². The first-order valence-corrected chi connectivity index (χ1v) is 5.58. The molecule has 1 N–H and O–H groups in total. The fourth-order valence-corrected chi connectivity index (χ4v) is 1.87. The Hall–Kier alpha value is -3.23. The zero-order valence-corrected chi connectivity index (χ0v) is 10.6. The monoisotopic (exact) mass is 292 g/mol. The van der Waals surface area contributed by atoms with Crippen LogP contribution in [0.4, 0.5) is 11.4 Å². The van der Waals surface area contributed by atoms with Gasteiger partial charge in [-0.25, -0.2) is 0 Å². The standard InChI is InChI=1S/C12H8N2O7/c1-6(15)21-10-5-7-4-8(13(17)18)2-3-9(7)11(12(10)16)14(19)20/h2-5,16H,1H3. The minimum absolute atomic E-state index is 0.000924. The van der Waals surface area contributed by atoms with Gasteiger partial charge in [0.25, 0.3) is 5.69 Å². The molecule has 108 valence electrons. The Balaban J connectivity index is 2.82. The number of carbonyl (C=O) groups excluding carboxylic acids is 1. The number of esters is 1. The van der Waals surface area contributed by atoms with E-state index < -0.39 is 33.0 Å². The van der Waals surface area contributed by atoms with Gasteiger partial charge in [-0.1, -0.05) is 0 Å². The molecule has 0 aliphatic rings. The van der Waals surface area contributed by atoms with Gasteiger partial charge in [0.05, 0.1) is 15.2 Å². The second-order valence-corrected chi connectivity index (χ2v) is 4.09. The van der Waals surface area contributed by atoms with Crippen molar-refractivity contribution in [3.63, 3.8) is 0 Å². The number of nitro benzene ring substituents is 2. The molecule has 2 rings (SSSR count). The third-order valence-corrected chi connectivity index (χ3v) is 2.68. The van der Waals surface area contributed by atoms with Crippen LogP contribution in [0.3, 0.4) is 0 Å². The Morgan fingerprint density at radius 1 is 1.19 bits per heavy atom. The fourth-order valence-electron chi connectivity index (χ4n) is 1.87. The summed E-state index contributed by atoms with van der Waals surface area (Å²) in [6, 6.07) is 4.46. The lowest BCUT2D eigenvalue weighted by Gasteiger charge is -2.07. The number of nitro groups is 2. The molecule has 2 aromatic rings. The molecule has 0 bridgehead atoms. The van der Waals surface area contributed by atoms with Gasteiger partial charge in [-0.15, -0.1) is 0 Å². The van der Waals surface area contributed by atoms with Gasteiger partial charge in [0.1, 0.15) is 0 Å². The topological polar surface area (TPSA) is 133 Å². The minimum Gasteiger partial charge on any atom is -0.499 e. The quantitative estimate of drug-likeness (QED) is 0.397. The van der Waals surface area contributed by atoms with Gasteiger partial charge < -0.3 is 9.84 Å². The average molecular weight is 292 g/mol. The highest BCUT2D eigenvalue weighted by Gasteiger charge is 2.25. The molecule has 0 heterocycles. The lowest BCUT2D eigenvalue weighted by atomic mass is 10.1. The summed E-state index contributed by atoms with van der Waals surface area (Å²) in [6.07, 6.45) is 0. The Morgan fingerprint density at radius 3 is 2.38 bits per heavy atom. The predicted molar refractivity (Wildman–Crippen MR) is 70.2 cm³/mol. The van der Waals surface area contributed by atoms with Crippen LogP contribution >= 0.6 is 0 Å². The van der Waals surface area contributed by atoms with Crippen molar-refractivity contribution in [1.82, 2.24) is 0 Å². The lowest BCUT2D eigenvalue weighted by molar-refractivity contribution is -0.385. The summed E-state index contributed by atoms with van der Waals surface area (Å²) in [5.74, 6) is -2.02. The smallest absolute Gasteiger partial charge is 0.322 e. The van der Waals surface area contributed by atoms with Crippen molar-refractivity contribution in [2.75, 3.05) is 0 Å². The van der Waals surface area contributed by atoms with E-state index in [0.717, 1.165) is 31.2 Å². The number of carbonyl (C=O) groups is 1. The summed E-state index contributed by atoms with van der Waals surface area (Å²) >= 11 is 0. The molecule has 0 unspecified atom stereocenters. The highest BCUT2D eigenvalue weighted by molar-refractivity contribution is 5.97. The number of fused-ring (bicyclic) bond motifs is 1. The van der Waals surface area contributed by atoms with Gasteiger partial charge in [0, 0.05) is 19.1 Å². The largest absolute Gasteiger partial charge is 0.499 e. The number of hydrogen-bond acceptors (Lipinski definition) is 7. The fraction of sp³-hybridized carbons (Fsp3) is 0.0833. The third kappa shape index (κ3) is 2.56. The van der Waals surface area contributed by atoms with E-state index in [9.17, 15) is 30.1 Å². The first-order valence-electron chi connectivity index (χ1n) is 5.58. The van der Waals surface area contributed by atoms with Crippen LogP contribution in [0.5, 0.6) is 11.5 Å². The Morgan fingerprint density at radius 2 is 1.86 bits per heavy atom. The molecule has 0 aromatic heterocycles. The second-order valence-electron chi connectivity index (χ2n) is 4.09. The van der Waals surface area contributed by atoms with E-state index in [0.29, 0.717) is 0 Å². The van der Waals surface area contributed by atoms with Crippen LogP contribution in [0.25, 0.3) is 10.8 Å². The minimum atomic E-state index is -0.851. The molecule has 0 spiro atoms. The van der Waals surface area contributed by atoms with E-state index in [1.807, 2.05) is 0 Å². The number of rotatable bonds is 3. The van der Waals surface area contributed by atoms with Crippen LogP contribution in [0, 0.1) is 20.2 Å². The summed E-state index contributed by atoms with van der Waals surface area (Å²) in [5.41, 5.74) is -0.963. The van der Waals surface area contributed by atoms with Crippen molar-refractivity contribution < 1.29 is 24.5 Å². The van der Waals surface area contributed by atoms with Gasteiger partial charge in [-0.2, -0.15) is 0 Å². The van der Waals surface area contributed by atoms with Gasteiger partial charge in [-0.05, 0) is 17.5 Å². The number of ether oxygens (including phenoxy) is 1. The van der Waals surface area contributed by atoms with Crippen LogP contribution in [0.15, 0.2) is 24.3 Å². The van der Waals surface area contributed by atoms with Gasteiger partial charge in [0.15, 0.2) is 5.75 Å². The predicted octanol–water partition coefficient (Wildman–Crippen LogP) is 2.29. The molecule has 9 nitrogen and oxygen atoms in total. The lowest BCUT2D eigenvalue weighted by Crippen LogP contribution is -2.03. The molecular weight excluding hydrogens is 284 g/mol. The zero-order valence-electron chi connectivity index (χ0n) is 10.6. The van der Waals surface area contributed by atoms with Crippen LogP contribution < -0.4 is 4.74 Å². The van der Waals surface area contributed by atoms with E-state index in [-0.39, 0.29) is 16.5 Å². The van der Waals surface area contributed by atoms with E-state index in [2.05, 4.69) is 4.74 Å². The van der Waals surface area contributed by atoms with E-state index >= 15 is 0 Å². The molecule has 2 aromatic carbocycles. The molecule has 0 fully saturated rings. The Kier molecular flexibility index (Phi) is 3.40. The van der Waals surface area contributed by atoms with Crippen molar-refractivity contribution >= 4 is 28.1 Å². The average Bonchev–Trinajstić information content (AvgIpc) is 2.37. The highest BCUT2D eigenvalue weighted by Crippen LogP contribution is 2.43. The van der Waals surface area contributed by atoms with Crippen molar-refractivity contribution in [3.05, 3.63) is 44.5 Å². The SMILES string of the molecule is CC(=O)Oc1cc2cc([N+](=O)[O-])ccc2c([N+](=O)[O-])c1O. The number of phenols is 1. The van der Waals surface area contributed by atoms with Gasteiger partial charge >= 0.3 is 11.7 Å². The maximum absolute atomic E-state index is 11.1. The summed E-state index contributed by atoms with van der Waals surface area (Å²) in [7, 11) is 0. The molecule has 0 saturated heterocycles. The third-order valence-electron chi connectivity index (χ3n) is 2.68. The number of non-ortho nitro benzene ring substituents is 1. The summed E-state index contributed by atoms with van der Waals surface area (Å²) < 4.78 is 4.68. The Labute approximate surface area is 116 Å². The van der Waals surface area contributed by atoms with Crippen LogP contribution in [-0.2, 0) is 4.79 Å². The molecule has 0 radical (unpaired) electrons. The number of hydrogen-bond donors (Lipinski definition) is 1. The Bertz CT molecular complexity index is 785. The first kappa shape index (κ1) is 14.2. The normalized spacial score (nSPS) is 10.3. The van der Waals surface area contributed by atoms with Crippen molar-refractivity contribution in [2.45, 2.75) is 6.92 Å². The summed E-state index contributed by atoms with van der Waals surface area (Å²) in [5, 5.41) is 31.7. The molecule has 0 aliphatic heterocycles. The summed E-state index contributed by atoms with van der Waals surface area (Å²) in [6.45, 7) is 1.06. The van der Waals surface area contributed by atoms with E-state index in [4.69, 9.17) is 0 Å². The molecule has 0 amide bonds. The molecular formula is C12H8N2O7. The van der Waals surface area contributed by atoms with Crippen molar-refractivity contribution in [3.8, 4) is 11.5 Å². The molecule has 9 heteroatoms. The number of nitrogens with zero attached hydrogens (tertiary/aromatic N) is 2. The molecule has 0 saturated carbocycles. The maximum Gasteiger partial charge on any atom is 0.322 e. The maximum atomic E-state index is 11.1. The molecule has 21 heavy (non-hydrogen) atoms. The van der Waals surface area contributed by atoms with Crippen LogP contribution in [0.2, 0.25) is 0 Å². The summed E-state index contributed by atoms with van der Waals surface area (Å²) in [4.78, 5) is 31.2. The highest BCUT2D eigenvalue weighted by atomic mass is 16.6. The van der Waals surface area contributed by atoms with Gasteiger partial charge in [-0.3, -0.25) is 25.0 Å². The van der Waals surface area contributed by atoms with Gasteiger partial charge in [0.2, 0.25) is 5.75 Å². The number of benzene rings is 2.